The molecule has 1 aliphatic heterocycles. The summed E-state index contributed by atoms with van der Waals surface area (Å²) in [5.41, 5.74) is 1.75. The molecule has 2 rings (SSSR count). The van der Waals surface area contributed by atoms with Gasteiger partial charge in [-0.25, -0.2) is 0 Å². The highest BCUT2D eigenvalue weighted by Gasteiger charge is 2.29. The quantitative estimate of drug-likeness (QED) is 0.882. The molecule has 5 nitrogen and oxygen atoms in total. The van der Waals surface area contributed by atoms with Gasteiger partial charge in [-0.3, -0.25) is 9.59 Å². The van der Waals surface area contributed by atoms with Gasteiger partial charge in [-0.1, -0.05) is 0 Å². The van der Waals surface area contributed by atoms with Crippen LogP contribution in [0.5, 0.6) is 0 Å². The minimum Gasteiger partial charge on any atom is -0.359 e. The van der Waals surface area contributed by atoms with Crippen molar-refractivity contribution in [2.45, 2.75) is 19.8 Å². The van der Waals surface area contributed by atoms with Gasteiger partial charge in [0.2, 0.25) is 5.91 Å². The van der Waals surface area contributed by atoms with Crippen LogP contribution in [0.1, 0.15) is 28.9 Å². The molecule has 0 radical (unpaired) electrons. The van der Waals surface area contributed by atoms with E-state index in [0.717, 1.165) is 24.2 Å². The number of aromatic nitrogens is 1. The van der Waals surface area contributed by atoms with E-state index in [1.807, 2.05) is 35.7 Å². The molecule has 1 N–H and O–H groups in total. The second kappa shape index (κ2) is 5.47. The molecule has 2 amide bonds. The fourth-order valence-electron chi connectivity index (χ4n) is 2.55. The van der Waals surface area contributed by atoms with Gasteiger partial charge in [0.25, 0.3) is 5.91 Å². The van der Waals surface area contributed by atoms with Gasteiger partial charge in [0.15, 0.2) is 0 Å². The molecule has 1 unspecified atom stereocenters. The average molecular weight is 263 g/mol. The van der Waals surface area contributed by atoms with Crippen molar-refractivity contribution in [3.63, 3.8) is 0 Å². The SMILES string of the molecule is CNC(=O)CC1CCN(C(=O)c2ccn(C)c2C)C1. The summed E-state index contributed by atoms with van der Waals surface area (Å²) in [6.07, 6.45) is 3.32. The smallest absolute Gasteiger partial charge is 0.255 e. The molecule has 104 valence electrons. The lowest BCUT2D eigenvalue weighted by atomic mass is 10.0. The van der Waals surface area contributed by atoms with Gasteiger partial charge in [0.1, 0.15) is 0 Å². The lowest BCUT2D eigenvalue weighted by molar-refractivity contribution is -0.121. The predicted octanol–water partition coefficient (Wildman–Crippen LogP) is 0.932. The maximum atomic E-state index is 12.4. The Morgan fingerprint density at radius 2 is 2.21 bits per heavy atom. The summed E-state index contributed by atoms with van der Waals surface area (Å²) in [4.78, 5) is 25.6. The van der Waals surface area contributed by atoms with E-state index < -0.39 is 0 Å². The fraction of sp³-hybridized carbons (Fsp3) is 0.571. The zero-order valence-corrected chi connectivity index (χ0v) is 11.8. The third kappa shape index (κ3) is 2.80. The van der Waals surface area contributed by atoms with E-state index >= 15 is 0 Å². The first-order chi connectivity index (χ1) is 9.02. The van der Waals surface area contributed by atoms with E-state index in [9.17, 15) is 9.59 Å². The Bertz CT molecular complexity index is 493. The normalized spacial score (nSPS) is 18.7. The number of nitrogens with one attached hydrogen (secondary N) is 1. The van der Waals surface area contributed by atoms with Gasteiger partial charge in [0, 0.05) is 45.5 Å². The second-order valence-corrected chi connectivity index (χ2v) is 5.21. The van der Waals surface area contributed by atoms with E-state index in [2.05, 4.69) is 5.32 Å². The lowest BCUT2D eigenvalue weighted by Gasteiger charge is -2.16. The molecule has 1 aromatic rings. The monoisotopic (exact) mass is 263 g/mol. The number of carbonyl (C=O) groups excluding carboxylic acids is 2. The zero-order valence-electron chi connectivity index (χ0n) is 11.8. The number of nitrogens with zero attached hydrogens (tertiary/aromatic N) is 2. The Balaban J connectivity index is 1.99. The van der Waals surface area contributed by atoms with E-state index in [-0.39, 0.29) is 17.7 Å². The lowest BCUT2D eigenvalue weighted by Crippen LogP contribution is -2.30. The highest BCUT2D eigenvalue weighted by molar-refractivity contribution is 5.95. The Kier molecular flexibility index (Phi) is 3.93. The predicted molar refractivity (Wildman–Crippen MR) is 72.8 cm³/mol. The third-order valence-electron chi connectivity index (χ3n) is 3.94. The molecule has 0 spiro atoms. The second-order valence-electron chi connectivity index (χ2n) is 5.21. The molecule has 1 aromatic heterocycles. The van der Waals surface area contributed by atoms with Gasteiger partial charge in [-0.2, -0.15) is 0 Å². The van der Waals surface area contributed by atoms with Crippen LogP contribution in [0.3, 0.4) is 0 Å². The zero-order chi connectivity index (χ0) is 14.0. The molecule has 0 aliphatic carbocycles. The summed E-state index contributed by atoms with van der Waals surface area (Å²) in [7, 11) is 3.58. The topological polar surface area (TPSA) is 54.3 Å². The summed E-state index contributed by atoms with van der Waals surface area (Å²) in [6.45, 7) is 3.38. The maximum Gasteiger partial charge on any atom is 0.255 e. The molecule has 0 aromatic carbocycles. The first-order valence-corrected chi connectivity index (χ1v) is 6.64. The van der Waals surface area contributed by atoms with Crippen molar-refractivity contribution in [2.75, 3.05) is 20.1 Å². The molecular formula is C14H21N3O2. The molecule has 19 heavy (non-hydrogen) atoms. The van der Waals surface area contributed by atoms with Gasteiger partial charge >= 0.3 is 0 Å². The van der Waals surface area contributed by atoms with Crippen LogP contribution in [0.2, 0.25) is 0 Å². The number of likely N-dealkylation sites (tertiary alicyclic amines) is 1. The number of hydrogen-bond acceptors (Lipinski definition) is 2. The van der Waals surface area contributed by atoms with Crippen LogP contribution in [0, 0.1) is 12.8 Å². The number of carbonyl (C=O) groups is 2. The molecule has 1 aliphatic rings. The van der Waals surface area contributed by atoms with Crippen molar-refractivity contribution in [3.8, 4) is 0 Å². The van der Waals surface area contributed by atoms with Gasteiger partial charge in [-0.05, 0) is 25.3 Å². The van der Waals surface area contributed by atoms with E-state index in [1.54, 1.807) is 7.05 Å². The Morgan fingerprint density at radius 3 is 2.79 bits per heavy atom. The number of amides is 2. The molecule has 1 atom stereocenters. The Hall–Kier alpha value is -1.78. The van der Waals surface area contributed by atoms with Crippen LogP contribution in [0.15, 0.2) is 12.3 Å². The number of rotatable bonds is 3. The van der Waals surface area contributed by atoms with Crippen molar-refractivity contribution in [1.29, 1.82) is 0 Å². The van der Waals surface area contributed by atoms with E-state index in [4.69, 9.17) is 0 Å². The summed E-state index contributed by atoms with van der Waals surface area (Å²) in [5, 5.41) is 2.63. The van der Waals surface area contributed by atoms with E-state index in [1.165, 1.54) is 0 Å². The van der Waals surface area contributed by atoms with Crippen LogP contribution >= 0.6 is 0 Å². The van der Waals surface area contributed by atoms with Crippen molar-refractivity contribution in [3.05, 3.63) is 23.5 Å². The summed E-state index contributed by atoms with van der Waals surface area (Å²) in [5.74, 6) is 0.417. The molecule has 0 bridgehead atoms. The number of aryl methyl sites for hydroxylation is 1. The highest BCUT2D eigenvalue weighted by atomic mass is 16.2. The van der Waals surface area contributed by atoms with Gasteiger partial charge < -0.3 is 14.8 Å². The molecule has 1 fully saturated rings. The van der Waals surface area contributed by atoms with Crippen LogP contribution < -0.4 is 5.32 Å². The minimum atomic E-state index is 0.0511. The molecule has 1 saturated heterocycles. The fourth-order valence-corrected chi connectivity index (χ4v) is 2.55. The third-order valence-corrected chi connectivity index (χ3v) is 3.94. The minimum absolute atomic E-state index is 0.0511. The van der Waals surface area contributed by atoms with Gasteiger partial charge in [0.05, 0.1) is 5.56 Å². The van der Waals surface area contributed by atoms with Crippen molar-refractivity contribution in [2.24, 2.45) is 13.0 Å². The summed E-state index contributed by atoms with van der Waals surface area (Å²) < 4.78 is 1.95. The van der Waals surface area contributed by atoms with Gasteiger partial charge in [-0.15, -0.1) is 0 Å². The average Bonchev–Trinajstić information content (AvgIpc) is 2.98. The van der Waals surface area contributed by atoms with Crippen molar-refractivity contribution in [1.82, 2.24) is 14.8 Å². The van der Waals surface area contributed by atoms with Crippen LogP contribution in [-0.4, -0.2) is 41.4 Å². The van der Waals surface area contributed by atoms with E-state index in [0.29, 0.717) is 13.0 Å². The maximum absolute atomic E-state index is 12.4. The molecule has 5 heteroatoms. The first-order valence-electron chi connectivity index (χ1n) is 6.64. The number of hydrogen-bond donors (Lipinski definition) is 1. The van der Waals surface area contributed by atoms with Crippen LogP contribution in [0.4, 0.5) is 0 Å². The van der Waals surface area contributed by atoms with Crippen molar-refractivity contribution < 1.29 is 9.59 Å². The molecule has 0 saturated carbocycles. The molecular weight excluding hydrogens is 242 g/mol. The Labute approximate surface area is 113 Å². The summed E-state index contributed by atoms with van der Waals surface area (Å²) in [6, 6.07) is 1.86. The molecule has 2 heterocycles. The van der Waals surface area contributed by atoms with Crippen LogP contribution in [0.25, 0.3) is 0 Å². The Morgan fingerprint density at radius 1 is 1.47 bits per heavy atom. The highest BCUT2D eigenvalue weighted by Crippen LogP contribution is 2.22. The van der Waals surface area contributed by atoms with Crippen LogP contribution in [-0.2, 0) is 11.8 Å². The summed E-state index contributed by atoms with van der Waals surface area (Å²) >= 11 is 0. The first kappa shape index (κ1) is 13.6. The van der Waals surface area contributed by atoms with Crippen molar-refractivity contribution >= 4 is 11.8 Å². The largest absolute Gasteiger partial charge is 0.359 e. The standard InChI is InChI=1S/C14H21N3O2/c1-10-12(5-6-16(10)3)14(19)17-7-4-11(9-17)8-13(18)15-2/h5-6,11H,4,7-9H2,1-3H3,(H,15,18).